The van der Waals surface area contributed by atoms with E-state index >= 15 is 0 Å². The average molecular weight is 266 g/mol. The highest BCUT2D eigenvalue weighted by molar-refractivity contribution is 5.68. The fourth-order valence-electron chi connectivity index (χ4n) is 1.54. The number of ether oxygens (including phenoxy) is 1. The second kappa shape index (κ2) is 14.7. The molecule has 0 spiro atoms. The van der Waals surface area contributed by atoms with Crippen molar-refractivity contribution in [2.24, 2.45) is 0 Å². The summed E-state index contributed by atoms with van der Waals surface area (Å²) in [5.74, 6) is -0.115. The van der Waals surface area contributed by atoms with Gasteiger partial charge in [-0.15, -0.1) is 0 Å². The van der Waals surface area contributed by atoms with Crippen LogP contribution in [0.25, 0.3) is 0 Å². The zero-order valence-corrected chi connectivity index (χ0v) is 11.9. The molecule has 0 saturated carbocycles. The molecule has 0 atom stereocenters. The van der Waals surface area contributed by atoms with Crippen LogP contribution >= 0.6 is 0 Å². The van der Waals surface area contributed by atoms with E-state index in [2.05, 4.69) is 29.0 Å². The lowest BCUT2D eigenvalue weighted by Gasteiger charge is -1.98. The third-order valence-electron chi connectivity index (χ3n) is 2.63. The van der Waals surface area contributed by atoms with Gasteiger partial charge in [0.05, 0.1) is 13.7 Å². The molecule has 108 valence electrons. The van der Waals surface area contributed by atoms with E-state index < -0.39 is 0 Å². The van der Waals surface area contributed by atoms with Crippen LogP contribution in [-0.2, 0) is 9.53 Å². The van der Waals surface area contributed by atoms with Crippen molar-refractivity contribution in [3.8, 4) is 0 Å². The number of hydrogen-bond acceptors (Lipinski definition) is 3. The van der Waals surface area contributed by atoms with Crippen molar-refractivity contribution < 1.29 is 14.6 Å². The highest BCUT2D eigenvalue weighted by Crippen LogP contribution is 2.04. The summed E-state index contributed by atoms with van der Waals surface area (Å²) in [5.41, 5.74) is 0. The van der Waals surface area contributed by atoms with E-state index in [-0.39, 0.29) is 12.6 Å². The number of hydrogen-bond donors (Lipinski definition) is 1. The molecular formula is C16H26O3. The van der Waals surface area contributed by atoms with Gasteiger partial charge >= 0.3 is 5.97 Å². The van der Waals surface area contributed by atoms with E-state index in [0.29, 0.717) is 6.42 Å². The number of methoxy groups -OCH3 is 1. The van der Waals surface area contributed by atoms with Gasteiger partial charge in [0.1, 0.15) is 0 Å². The molecule has 0 rings (SSSR count). The summed E-state index contributed by atoms with van der Waals surface area (Å²) in [6.45, 7) is 0.115. The van der Waals surface area contributed by atoms with Crippen LogP contribution in [0.5, 0.6) is 0 Å². The lowest BCUT2D eigenvalue weighted by molar-refractivity contribution is -0.140. The van der Waals surface area contributed by atoms with Gasteiger partial charge in [-0.05, 0) is 32.1 Å². The van der Waals surface area contributed by atoms with Gasteiger partial charge in [0, 0.05) is 6.42 Å². The summed E-state index contributed by atoms with van der Waals surface area (Å²) < 4.78 is 4.58. The highest BCUT2D eigenvalue weighted by Gasteiger charge is 1.97. The van der Waals surface area contributed by atoms with Gasteiger partial charge in [-0.25, -0.2) is 0 Å². The molecule has 0 aromatic rings. The normalized spacial score (nSPS) is 11.9. The number of carbonyl (C=O) groups excluding carboxylic acids is 1. The summed E-state index contributed by atoms with van der Waals surface area (Å²) in [6.07, 6.45) is 18.8. The van der Waals surface area contributed by atoms with Crippen LogP contribution in [0.2, 0.25) is 0 Å². The first-order chi connectivity index (χ1) is 9.31. The molecule has 0 heterocycles. The van der Waals surface area contributed by atoms with E-state index in [1.54, 1.807) is 6.08 Å². The van der Waals surface area contributed by atoms with Gasteiger partial charge < -0.3 is 9.84 Å². The quantitative estimate of drug-likeness (QED) is 0.353. The van der Waals surface area contributed by atoms with Crippen LogP contribution < -0.4 is 0 Å². The van der Waals surface area contributed by atoms with Gasteiger partial charge in [-0.3, -0.25) is 4.79 Å². The number of esters is 1. The number of allylic oxidation sites excluding steroid dienone is 5. The first kappa shape index (κ1) is 17.6. The van der Waals surface area contributed by atoms with Crippen molar-refractivity contribution in [3.05, 3.63) is 36.5 Å². The van der Waals surface area contributed by atoms with Gasteiger partial charge in [-0.2, -0.15) is 0 Å². The van der Waals surface area contributed by atoms with Crippen LogP contribution in [0.4, 0.5) is 0 Å². The molecule has 0 aliphatic rings. The Morgan fingerprint density at radius 3 is 2.21 bits per heavy atom. The Balaban J connectivity index is 3.30. The minimum absolute atomic E-state index is 0.115. The predicted octanol–water partition coefficient (Wildman–Crippen LogP) is 3.55. The molecule has 0 aliphatic carbocycles. The Labute approximate surface area is 116 Å². The first-order valence-corrected chi connectivity index (χ1v) is 6.94. The number of aliphatic hydroxyl groups is 1. The van der Waals surface area contributed by atoms with Gasteiger partial charge in [0.15, 0.2) is 0 Å². The largest absolute Gasteiger partial charge is 0.469 e. The summed E-state index contributed by atoms with van der Waals surface area (Å²) in [5, 5.41) is 8.52. The maximum absolute atomic E-state index is 10.9. The summed E-state index contributed by atoms with van der Waals surface area (Å²) in [7, 11) is 1.43. The van der Waals surface area contributed by atoms with Crippen LogP contribution in [-0.4, -0.2) is 24.8 Å². The molecule has 3 heteroatoms. The molecule has 3 nitrogen and oxygen atoms in total. The minimum Gasteiger partial charge on any atom is -0.469 e. The van der Waals surface area contributed by atoms with Crippen molar-refractivity contribution >= 4 is 5.97 Å². The fourth-order valence-corrected chi connectivity index (χ4v) is 1.54. The number of aliphatic hydroxyl groups excluding tert-OH is 1. The van der Waals surface area contributed by atoms with Crippen molar-refractivity contribution in [3.63, 3.8) is 0 Å². The topological polar surface area (TPSA) is 46.5 Å². The monoisotopic (exact) mass is 266 g/mol. The Morgan fingerprint density at radius 2 is 1.58 bits per heavy atom. The summed E-state index contributed by atoms with van der Waals surface area (Å²) >= 11 is 0. The van der Waals surface area contributed by atoms with Crippen LogP contribution in [0, 0.1) is 0 Å². The molecule has 0 radical (unpaired) electrons. The van der Waals surface area contributed by atoms with Gasteiger partial charge in [0.2, 0.25) is 0 Å². The molecule has 0 aromatic carbocycles. The molecule has 0 aliphatic heterocycles. The van der Waals surface area contributed by atoms with Crippen molar-refractivity contribution in [2.75, 3.05) is 13.7 Å². The minimum atomic E-state index is -0.115. The van der Waals surface area contributed by atoms with E-state index in [0.717, 1.165) is 38.5 Å². The predicted molar refractivity (Wildman–Crippen MR) is 78.8 cm³/mol. The second-order valence-electron chi connectivity index (χ2n) is 4.24. The van der Waals surface area contributed by atoms with Crippen molar-refractivity contribution in [1.82, 2.24) is 0 Å². The number of carbonyl (C=O) groups is 1. The number of unbranched alkanes of at least 4 members (excludes halogenated alkanes) is 3. The molecular weight excluding hydrogens is 240 g/mol. The Hall–Kier alpha value is -1.35. The molecule has 0 aromatic heterocycles. The van der Waals surface area contributed by atoms with E-state index in [1.165, 1.54) is 7.11 Å². The number of rotatable bonds is 11. The van der Waals surface area contributed by atoms with Gasteiger partial charge in [-0.1, -0.05) is 42.9 Å². The zero-order chi connectivity index (χ0) is 14.2. The fraction of sp³-hybridized carbons (Fsp3) is 0.562. The van der Waals surface area contributed by atoms with E-state index in [1.807, 2.05) is 6.08 Å². The Morgan fingerprint density at radius 1 is 0.947 bits per heavy atom. The zero-order valence-electron chi connectivity index (χ0n) is 11.9. The maximum Gasteiger partial charge on any atom is 0.305 e. The van der Waals surface area contributed by atoms with Gasteiger partial charge in [0.25, 0.3) is 0 Å². The van der Waals surface area contributed by atoms with Crippen LogP contribution in [0.1, 0.15) is 44.9 Å². The Kier molecular flexibility index (Phi) is 13.7. The van der Waals surface area contributed by atoms with E-state index in [4.69, 9.17) is 5.11 Å². The van der Waals surface area contributed by atoms with Crippen molar-refractivity contribution in [1.29, 1.82) is 0 Å². The summed E-state index contributed by atoms with van der Waals surface area (Å²) in [6, 6.07) is 0. The lowest BCUT2D eigenvalue weighted by atomic mass is 10.1. The molecule has 0 fully saturated rings. The third-order valence-corrected chi connectivity index (χ3v) is 2.63. The maximum atomic E-state index is 10.9. The molecule has 0 saturated heterocycles. The molecule has 0 amide bonds. The summed E-state index contributed by atoms with van der Waals surface area (Å²) in [4.78, 5) is 10.9. The molecule has 0 bridgehead atoms. The average Bonchev–Trinajstić information content (AvgIpc) is 2.43. The molecule has 19 heavy (non-hydrogen) atoms. The smallest absolute Gasteiger partial charge is 0.305 e. The first-order valence-electron chi connectivity index (χ1n) is 6.94. The lowest BCUT2D eigenvalue weighted by Crippen LogP contribution is -1.98. The second-order valence-corrected chi connectivity index (χ2v) is 4.24. The van der Waals surface area contributed by atoms with Crippen molar-refractivity contribution in [2.45, 2.75) is 44.9 Å². The third kappa shape index (κ3) is 14.6. The molecule has 0 unspecified atom stereocenters. The Bertz CT molecular complexity index is 290. The van der Waals surface area contributed by atoms with Crippen LogP contribution in [0.15, 0.2) is 36.5 Å². The van der Waals surface area contributed by atoms with Crippen LogP contribution in [0.3, 0.4) is 0 Å². The standard InChI is InChI=1S/C16H26O3/c1-19-16(18)14-12-10-8-6-4-2-3-5-7-9-11-13-15-17/h2,4-5,7,11,13,17H,3,6,8-10,12,14-15H2,1H3/b4-2-,7-5-,13-11-. The SMILES string of the molecule is COC(=O)CCCCC/C=C\C/C=C\C/C=C\CO. The van der Waals surface area contributed by atoms with E-state index in [9.17, 15) is 4.79 Å². The molecule has 1 N–H and O–H groups in total. The highest BCUT2D eigenvalue weighted by atomic mass is 16.5.